The Morgan fingerprint density at radius 2 is 2.33 bits per heavy atom. The van der Waals surface area contributed by atoms with E-state index in [4.69, 9.17) is 5.11 Å². The lowest BCUT2D eigenvalue weighted by molar-refractivity contribution is 0.0702. The van der Waals surface area contributed by atoms with Crippen LogP contribution in [-0.2, 0) is 7.05 Å². The Balaban J connectivity index is 2.49. The Hall–Kier alpha value is -1.69. The van der Waals surface area contributed by atoms with E-state index < -0.39 is 5.97 Å². The molecule has 0 fully saturated rings. The molecular formula is C9H9N3O2S. The smallest absolute Gasteiger partial charge is 0.345 e. The number of nitrogens with zero attached hydrogens (tertiary/aromatic N) is 3. The fraction of sp³-hybridized carbons (Fsp3) is 0.222. The zero-order valence-electron chi connectivity index (χ0n) is 8.26. The maximum atomic E-state index is 10.8. The molecular weight excluding hydrogens is 214 g/mol. The third kappa shape index (κ3) is 1.75. The average Bonchev–Trinajstić information content (AvgIpc) is 2.71. The Labute approximate surface area is 90.0 Å². The quantitative estimate of drug-likeness (QED) is 0.838. The minimum atomic E-state index is -0.904. The Morgan fingerprint density at radius 1 is 1.60 bits per heavy atom. The van der Waals surface area contributed by atoms with Crippen molar-refractivity contribution in [1.29, 1.82) is 0 Å². The molecule has 0 spiro atoms. The molecule has 0 aliphatic rings. The van der Waals surface area contributed by atoms with Crippen molar-refractivity contribution in [2.45, 2.75) is 6.92 Å². The molecule has 0 bridgehead atoms. The van der Waals surface area contributed by atoms with Crippen molar-refractivity contribution in [3.63, 3.8) is 0 Å². The maximum absolute atomic E-state index is 10.8. The maximum Gasteiger partial charge on any atom is 0.345 e. The van der Waals surface area contributed by atoms with Gasteiger partial charge in [0.2, 0.25) is 0 Å². The van der Waals surface area contributed by atoms with E-state index in [1.54, 1.807) is 24.0 Å². The molecule has 15 heavy (non-hydrogen) atoms. The van der Waals surface area contributed by atoms with E-state index in [9.17, 15) is 4.79 Å². The predicted octanol–water partition coefficient (Wildman–Crippen LogP) is 1.55. The van der Waals surface area contributed by atoms with Gasteiger partial charge in [-0.3, -0.25) is 4.68 Å². The van der Waals surface area contributed by atoms with Crippen LogP contribution in [0, 0.1) is 6.92 Å². The summed E-state index contributed by atoms with van der Waals surface area (Å²) < 4.78 is 1.59. The van der Waals surface area contributed by atoms with Gasteiger partial charge in [0, 0.05) is 7.05 Å². The van der Waals surface area contributed by atoms with Gasteiger partial charge in [-0.1, -0.05) is 5.21 Å². The molecule has 0 radical (unpaired) electrons. The highest BCUT2D eigenvalue weighted by Gasteiger charge is 2.14. The van der Waals surface area contributed by atoms with E-state index in [1.165, 1.54) is 11.3 Å². The van der Waals surface area contributed by atoms with Gasteiger partial charge in [0.15, 0.2) is 0 Å². The zero-order chi connectivity index (χ0) is 11.0. The number of rotatable bonds is 2. The summed E-state index contributed by atoms with van der Waals surface area (Å²) in [5.74, 6) is -0.904. The second-order valence-corrected chi connectivity index (χ2v) is 4.26. The summed E-state index contributed by atoms with van der Waals surface area (Å²) in [6.45, 7) is 1.87. The lowest BCUT2D eigenvalue weighted by atomic mass is 10.2. The molecule has 0 unspecified atom stereocenters. The highest BCUT2D eigenvalue weighted by molar-refractivity contribution is 7.17. The van der Waals surface area contributed by atoms with Crippen LogP contribution in [0.4, 0.5) is 0 Å². The standard InChI is InChI=1S/C9H9N3O2S/c1-5-3-7(9(13)14)15-8(5)6-4-12(2)11-10-6/h3-4H,1-2H3,(H,13,14). The van der Waals surface area contributed by atoms with Crippen molar-refractivity contribution in [3.05, 3.63) is 22.7 Å². The van der Waals surface area contributed by atoms with Crippen LogP contribution in [-0.4, -0.2) is 26.1 Å². The largest absolute Gasteiger partial charge is 0.477 e. The first kappa shape index (κ1) is 9.85. The average molecular weight is 223 g/mol. The molecule has 2 heterocycles. The molecule has 5 nitrogen and oxygen atoms in total. The summed E-state index contributed by atoms with van der Waals surface area (Å²) in [5, 5.41) is 16.6. The number of aromatic nitrogens is 3. The summed E-state index contributed by atoms with van der Waals surface area (Å²) in [6.07, 6.45) is 1.77. The highest BCUT2D eigenvalue weighted by atomic mass is 32.1. The first-order valence-corrected chi connectivity index (χ1v) is 5.10. The summed E-state index contributed by atoms with van der Waals surface area (Å²) in [5.41, 5.74) is 1.63. The fourth-order valence-electron chi connectivity index (χ4n) is 1.29. The monoisotopic (exact) mass is 223 g/mol. The Kier molecular flexibility index (Phi) is 2.28. The number of carboxylic acid groups (broad SMARTS) is 1. The minimum Gasteiger partial charge on any atom is -0.477 e. The third-order valence-electron chi connectivity index (χ3n) is 1.96. The van der Waals surface area contributed by atoms with Gasteiger partial charge in [-0.25, -0.2) is 4.79 Å². The van der Waals surface area contributed by atoms with Crippen LogP contribution in [0.3, 0.4) is 0 Å². The SMILES string of the molecule is Cc1cc(C(=O)O)sc1-c1cn(C)nn1. The molecule has 78 valence electrons. The van der Waals surface area contributed by atoms with Crippen molar-refractivity contribution >= 4 is 17.3 Å². The van der Waals surface area contributed by atoms with Crippen LogP contribution in [0.25, 0.3) is 10.6 Å². The first-order valence-electron chi connectivity index (χ1n) is 4.28. The lowest BCUT2D eigenvalue weighted by Gasteiger charge is -1.89. The molecule has 0 amide bonds. The zero-order valence-corrected chi connectivity index (χ0v) is 9.08. The number of hydrogen-bond donors (Lipinski definition) is 1. The number of aryl methyl sites for hydroxylation is 2. The molecule has 2 rings (SSSR count). The van der Waals surface area contributed by atoms with Crippen molar-refractivity contribution in [1.82, 2.24) is 15.0 Å². The molecule has 0 aliphatic heterocycles. The van der Waals surface area contributed by atoms with Crippen LogP contribution >= 0.6 is 11.3 Å². The van der Waals surface area contributed by atoms with E-state index in [2.05, 4.69) is 10.3 Å². The Morgan fingerprint density at radius 3 is 2.80 bits per heavy atom. The van der Waals surface area contributed by atoms with Crippen LogP contribution in [0.15, 0.2) is 12.3 Å². The fourth-order valence-corrected chi connectivity index (χ4v) is 2.25. The highest BCUT2D eigenvalue weighted by Crippen LogP contribution is 2.30. The number of thiophene rings is 1. The van der Waals surface area contributed by atoms with Crippen molar-refractivity contribution in [3.8, 4) is 10.6 Å². The second-order valence-electron chi connectivity index (χ2n) is 3.21. The second kappa shape index (κ2) is 3.47. The molecule has 0 saturated heterocycles. The molecule has 0 aromatic carbocycles. The van der Waals surface area contributed by atoms with Gasteiger partial charge in [0.1, 0.15) is 10.6 Å². The molecule has 6 heteroatoms. The van der Waals surface area contributed by atoms with E-state index >= 15 is 0 Å². The number of aromatic carboxylic acids is 1. The van der Waals surface area contributed by atoms with Gasteiger partial charge >= 0.3 is 5.97 Å². The van der Waals surface area contributed by atoms with Gasteiger partial charge in [0.05, 0.1) is 11.1 Å². The van der Waals surface area contributed by atoms with Crippen molar-refractivity contribution in [2.75, 3.05) is 0 Å². The molecule has 2 aromatic heterocycles. The molecule has 0 atom stereocenters. The van der Waals surface area contributed by atoms with Gasteiger partial charge in [-0.2, -0.15) is 0 Å². The number of carboxylic acids is 1. The van der Waals surface area contributed by atoms with Crippen LogP contribution < -0.4 is 0 Å². The number of hydrogen-bond acceptors (Lipinski definition) is 4. The topological polar surface area (TPSA) is 68.0 Å². The lowest BCUT2D eigenvalue weighted by Crippen LogP contribution is -1.89. The normalized spacial score (nSPS) is 10.5. The Bertz CT molecular complexity index is 515. The first-order chi connectivity index (χ1) is 7.08. The van der Waals surface area contributed by atoms with Crippen LogP contribution in [0.2, 0.25) is 0 Å². The van der Waals surface area contributed by atoms with Gasteiger partial charge in [0.25, 0.3) is 0 Å². The molecule has 0 aliphatic carbocycles. The van der Waals surface area contributed by atoms with E-state index in [1.807, 2.05) is 6.92 Å². The van der Waals surface area contributed by atoms with Crippen LogP contribution in [0.1, 0.15) is 15.2 Å². The van der Waals surface area contributed by atoms with E-state index in [-0.39, 0.29) is 0 Å². The van der Waals surface area contributed by atoms with Crippen LogP contribution in [0.5, 0.6) is 0 Å². The van der Waals surface area contributed by atoms with Gasteiger partial charge in [-0.15, -0.1) is 16.4 Å². The summed E-state index contributed by atoms with van der Waals surface area (Å²) in [6, 6.07) is 1.65. The predicted molar refractivity (Wildman–Crippen MR) is 56.0 cm³/mol. The van der Waals surface area contributed by atoms with E-state index in [0.29, 0.717) is 10.6 Å². The minimum absolute atomic E-state index is 0.327. The van der Waals surface area contributed by atoms with Crippen molar-refractivity contribution < 1.29 is 9.90 Å². The summed E-state index contributed by atoms with van der Waals surface area (Å²) in [7, 11) is 1.78. The van der Waals surface area contributed by atoms with Gasteiger partial charge in [-0.05, 0) is 18.6 Å². The van der Waals surface area contributed by atoms with Gasteiger partial charge < -0.3 is 5.11 Å². The summed E-state index contributed by atoms with van der Waals surface area (Å²) in [4.78, 5) is 12.0. The van der Waals surface area contributed by atoms with E-state index in [0.717, 1.165) is 10.4 Å². The van der Waals surface area contributed by atoms with Crippen molar-refractivity contribution in [2.24, 2.45) is 7.05 Å². The molecule has 1 N–H and O–H groups in total. The third-order valence-corrected chi connectivity index (χ3v) is 3.21. The number of carbonyl (C=O) groups is 1. The summed E-state index contributed by atoms with van der Waals surface area (Å²) >= 11 is 1.22. The molecule has 2 aromatic rings. The molecule has 0 saturated carbocycles.